The smallest absolute Gasteiger partial charge is 0.419 e. The monoisotopic (exact) mass is 409 g/mol. The predicted octanol–water partition coefficient (Wildman–Crippen LogP) is 3.72. The van der Waals surface area contributed by atoms with Gasteiger partial charge in [-0.1, -0.05) is 48.0 Å². The lowest BCUT2D eigenvalue weighted by Crippen LogP contribution is -2.45. The van der Waals surface area contributed by atoms with E-state index in [-0.39, 0.29) is 17.9 Å². The second-order valence-electron chi connectivity index (χ2n) is 7.08. The lowest BCUT2D eigenvalue weighted by molar-refractivity contribution is -0.139. The number of aliphatic hydroxyl groups excluding tert-OH is 2. The maximum absolute atomic E-state index is 13.4. The van der Waals surface area contributed by atoms with Crippen LogP contribution >= 0.6 is 0 Å². The van der Waals surface area contributed by atoms with Crippen molar-refractivity contribution < 1.29 is 28.1 Å². The summed E-state index contributed by atoms with van der Waals surface area (Å²) in [5, 5.41) is 18.3. The van der Waals surface area contributed by atoms with E-state index in [0.29, 0.717) is 12.8 Å². The van der Waals surface area contributed by atoms with Gasteiger partial charge in [-0.2, -0.15) is 13.2 Å². The van der Waals surface area contributed by atoms with E-state index in [1.165, 1.54) is 24.3 Å². The van der Waals surface area contributed by atoms with Crippen molar-refractivity contribution in [3.8, 4) is 5.75 Å². The molecule has 0 amide bonds. The summed E-state index contributed by atoms with van der Waals surface area (Å²) >= 11 is 0. The van der Waals surface area contributed by atoms with E-state index in [4.69, 9.17) is 10.5 Å². The lowest BCUT2D eigenvalue weighted by atomic mass is 10.0. The van der Waals surface area contributed by atoms with Gasteiger partial charge in [0.2, 0.25) is 0 Å². The number of halogens is 3. The molecule has 0 aliphatic heterocycles. The highest BCUT2D eigenvalue weighted by atomic mass is 19.4. The average molecular weight is 409 g/mol. The van der Waals surface area contributed by atoms with Gasteiger partial charge < -0.3 is 20.7 Å². The van der Waals surface area contributed by atoms with Crippen LogP contribution in [0.3, 0.4) is 0 Å². The van der Waals surface area contributed by atoms with Gasteiger partial charge in [0, 0.05) is 0 Å². The van der Waals surface area contributed by atoms with Crippen LogP contribution < -0.4 is 10.5 Å². The highest BCUT2D eigenvalue weighted by Crippen LogP contribution is 2.37. The Bertz CT molecular complexity index is 830. The fourth-order valence-corrected chi connectivity index (χ4v) is 2.74. The number of ether oxygens (including phenoxy) is 1. The van der Waals surface area contributed by atoms with Crippen molar-refractivity contribution in [3.63, 3.8) is 0 Å². The highest BCUT2D eigenvalue weighted by Gasteiger charge is 2.34. The van der Waals surface area contributed by atoms with E-state index in [0.717, 1.165) is 17.2 Å². The van der Waals surface area contributed by atoms with Crippen molar-refractivity contribution in [1.29, 1.82) is 0 Å². The first-order valence-corrected chi connectivity index (χ1v) is 9.26. The van der Waals surface area contributed by atoms with Crippen LogP contribution in [-0.4, -0.2) is 35.6 Å². The second kappa shape index (κ2) is 9.91. The van der Waals surface area contributed by atoms with E-state index >= 15 is 0 Å². The molecule has 158 valence electrons. The molecule has 0 aliphatic carbocycles. The zero-order chi connectivity index (χ0) is 21.5. The highest BCUT2D eigenvalue weighted by molar-refractivity contribution is 5.55. The molecule has 4 nitrogen and oxygen atoms in total. The second-order valence-corrected chi connectivity index (χ2v) is 7.08. The Labute approximate surface area is 168 Å². The minimum atomic E-state index is -4.58. The summed E-state index contributed by atoms with van der Waals surface area (Å²) < 4.78 is 45.7. The van der Waals surface area contributed by atoms with Crippen molar-refractivity contribution in [2.45, 2.75) is 31.5 Å². The SMILES string of the molecule is Cc1cccc(CCCOc2ccc(/C=C/C(N)(CO)CO)cc2C(F)(F)F)c1. The number of hydrogen-bond donors (Lipinski definition) is 3. The minimum Gasteiger partial charge on any atom is -0.493 e. The van der Waals surface area contributed by atoms with Crippen molar-refractivity contribution in [2.24, 2.45) is 5.73 Å². The number of hydrogen-bond acceptors (Lipinski definition) is 4. The largest absolute Gasteiger partial charge is 0.493 e. The predicted molar refractivity (Wildman–Crippen MR) is 107 cm³/mol. The molecule has 0 spiro atoms. The number of alkyl halides is 3. The summed E-state index contributed by atoms with van der Waals surface area (Å²) in [7, 11) is 0. The first kappa shape index (κ1) is 22.9. The van der Waals surface area contributed by atoms with Crippen LogP contribution in [0.2, 0.25) is 0 Å². The summed E-state index contributed by atoms with van der Waals surface area (Å²) in [6.45, 7) is 1.08. The fraction of sp³-hybridized carbons (Fsp3) is 0.364. The fourth-order valence-electron chi connectivity index (χ4n) is 2.74. The van der Waals surface area contributed by atoms with Crippen molar-refractivity contribution in [2.75, 3.05) is 19.8 Å². The Hall–Kier alpha value is -2.35. The van der Waals surface area contributed by atoms with Crippen LogP contribution in [0.1, 0.15) is 28.7 Å². The Morgan fingerprint density at radius 1 is 1.07 bits per heavy atom. The maximum Gasteiger partial charge on any atom is 0.419 e. The molecule has 0 radical (unpaired) electrons. The van der Waals surface area contributed by atoms with Crippen LogP contribution in [0.4, 0.5) is 13.2 Å². The third-order valence-corrected chi connectivity index (χ3v) is 4.46. The van der Waals surface area contributed by atoms with Gasteiger partial charge in [0.25, 0.3) is 0 Å². The molecule has 0 bridgehead atoms. The summed E-state index contributed by atoms with van der Waals surface area (Å²) in [6.07, 6.45) is -0.659. The zero-order valence-corrected chi connectivity index (χ0v) is 16.2. The first-order valence-electron chi connectivity index (χ1n) is 9.26. The Balaban J connectivity index is 2.08. The molecule has 29 heavy (non-hydrogen) atoms. The van der Waals surface area contributed by atoms with Gasteiger partial charge in [0.1, 0.15) is 5.75 Å². The summed E-state index contributed by atoms with van der Waals surface area (Å²) in [5.41, 5.74) is 5.91. The maximum atomic E-state index is 13.4. The number of aliphatic hydroxyl groups is 2. The minimum absolute atomic E-state index is 0.160. The van der Waals surface area contributed by atoms with Gasteiger partial charge in [-0.05, 0) is 43.0 Å². The van der Waals surface area contributed by atoms with Crippen molar-refractivity contribution in [1.82, 2.24) is 0 Å². The summed E-state index contributed by atoms with van der Waals surface area (Å²) in [5.74, 6) is -0.234. The molecule has 0 fully saturated rings. The molecule has 4 N–H and O–H groups in total. The summed E-state index contributed by atoms with van der Waals surface area (Å²) in [6, 6.07) is 11.7. The van der Waals surface area contributed by atoms with Gasteiger partial charge >= 0.3 is 6.18 Å². The normalized spacial score (nSPS) is 12.5. The van der Waals surface area contributed by atoms with E-state index in [2.05, 4.69) is 0 Å². The molecular weight excluding hydrogens is 383 g/mol. The van der Waals surface area contributed by atoms with Crippen LogP contribution in [-0.2, 0) is 12.6 Å². The Morgan fingerprint density at radius 2 is 1.79 bits per heavy atom. The Kier molecular flexibility index (Phi) is 7.84. The van der Waals surface area contributed by atoms with Gasteiger partial charge in [-0.15, -0.1) is 0 Å². The van der Waals surface area contributed by atoms with Gasteiger partial charge in [0.15, 0.2) is 0 Å². The molecule has 2 rings (SSSR count). The molecule has 0 aromatic heterocycles. The summed E-state index contributed by atoms with van der Waals surface area (Å²) in [4.78, 5) is 0. The molecule has 0 atom stereocenters. The van der Waals surface area contributed by atoms with Gasteiger partial charge in [-0.3, -0.25) is 0 Å². The molecule has 2 aromatic carbocycles. The van der Waals surface area contributed by atoms with E-state index in [9.17, 15) is 23.4 Å². The molecule has 0 unspecified atom stereocenters. The zero-order valence-electron chi connectivity index (χ0n) is 16.2. The van der Waals surface area contributed by atoms with E-state index in [1.807, 2.05) is 31.2 Å². The molecule has 2 aromatic rings. The van der Waals surface area contributed by atoms with Gasteiger partial charge in [-0.25, -0.2) is 0 Å². The van der Waals surface area contributed by atoms with Crippen LogP contribution in [0.15, 0.2) is 48.5 Å². The number of rotatable bonds is 9. The number of aryl methyl sites for hydroxylation is 2. The molecule has 0 saturated heterocycles. The van der Waals surface area contributed by atoms with Crippen molar-refractivity contribution in [3.05, 3.63) is 70.8 Å². The first-order chi connectivity index (χ1) is 13.7. The average Bonchev–Trinajstić information content (AvgIpc) is 2.69. The Morgan fingerprint density at radius 3 is 2.41 bits per heavy atom. The molecule has 0 aliphatic rings. The topological polar surface area (TPSA) is 75.7 Å². The van der Waals surface area contributed by atoms with Crippen LogP contribution in [0, 0.1) is 6.92 Å². The molecular formula is C22H26F3NO3. The van der Waals surface area contributed by atoms with Gasteiger partial charge in [0.05, 0.1) is 30.9 Å². The van der Waals surface area contributed by atoms with Crippen LogP contribution in [0.25, 0.3) is 6.08 Å². The molecule has 7 heteroatoms. The molecule has 0 saturated carbocycles. The standard InChI is InChI=1S/C22H26F3NO3/c1-16-4-2-5-17(12-16)6-3-11-29-20-8-7-18(13-19(20)22(23,24)25)9-10-21(26,14-27)15-28/h2,4-5,7-10,12-13,27-28H,3,6,11,14-15,26H2,1H3/b10-9+. The van der Waals surface area contributed by atoms with Crippen LogP contribution in [0.5, 0.6) is 5.75 Å². The number of nitrogens with two attached hydrogens (primary N) is 1. The van der Waals surface area contributed by atoms with E-state index in [1.54, 1.807) is 0 Å². The third kappa shape index (κ3) is 6.88. The number of benzene rings is 2. The lowest BCUT2D eigenvalue weighted by Gasteiger charge is -2.20. The van der Waals surface area contributed by atoms with E-state index < -0.39 is 30.5 Å². The third-order valence-electron chi connectivity index (χ3n) is 4.46. The molecule has 0 heterocycles. The van der Waals surface area contributed by atoms with Crippen molar-refractivity contribution >= 4 is 6.08 Å². The quantitative estimate of drug-likeness (QED) is 0.552.